The fourth-order valence-electron chi connectivity index (χ4n) is 4.66. The van der Waals surface area contributed by atoms with Gasteiger partial charge >= 0.3 is 6.18 Å². The molecule has 4 heterocycles. The molecular weight excluding hydrogens is 463 g/mol. The van der Waals surface area contributed by atoms with E-state index in [4.69, 9.17) is 0 Å². The van der Waals surface area contributed by atoms with Crippen LogP contribution in [0.3, 0.4) is 0 Å². The van der Waals surface area contributed by atoms with Crippen LogP contribution in [0.4, 0.5) is 24.8 Å². The van der Waals surface area contributed by atoms with E-state index < -0.39 is 11.7 Å². The van der Waals surface area contributed by atoms with Crippen LogP contribution in [0.15, 0.2) is 24.4 Å². The van der Waals surface area contributed by atoms with Gasteiger partial charge in [-0.3, -0.25) is 4.79 Å². The van der Waals surface area contributed by atoms with Gasteiger partial charge in [-0.05, 0) is 67.0 Å². The zero-order chi connectivity index (χ0) is 23.4. The first-order valence-electron chi connectivity index (χ1n) is 11.4. The van der Waals surface area contributed by atoms with Crippen molar-refractivity contribution in [3.05, 3.63) is 57.1 Å². The Hall–Kier alpha value is -2.98. The molecule has 3 N–H and O–H groups in total. The normalized spacial score (nSPS) is 17.7. The first-order chi connectivity index (χ1) is 16.4. The Balaban J connectivity index is 1.42. The summed E-state index contributed by atoms with van der Waals surface area (Å²) in [5.74, 6) is 0.308. The van der Waals surface area contributed by atoms with Crippen LogP contribution in [-0.4, -0.2) is 29.0 Å². The van der Waals surface area contributed by atoms with Crippen molar-refractivity contribution >= 4 is 28.9 Å². The van der Waals surface area contributed by atoms with Gasteiger partial charge in [0.1, 0.15) is 5.56 Å². The average molecular weight is 486 g/mol. The Bertz CT molecular complexity index is 1300. The second kappa shape index (κ2) is 8.06. The second-order valence-corrected chi connectivity index (χ2v) is 10.1. The molecule has 176 valence electrons. The third-order valence-corrected chi connectivity index (χ3v) is 7.74. The van der Waals surface area contributed by atoms with Gasteiger partial charge in [-0.2, -0.15) is 13.2 Å². The third-order valence-electron chi connectivity index (χ3n) is 6.54. The number of fused-ring (bicyclic) bond motifs is 2. The van der Waals surface area contributed by atoms with Gasteiger partial charge in [-0.15, -0.1) is 11.3 Å². The summed E-state index contributed by atoms with van der Waals surface area (Å²) in [5, 5.41) is 9.34. The molecule has 0 bridgehead atoms. The van der Waals surface area contributed by atoms with E-state index in [1.165, 1.54) is 28.5 Å². The average Bonchev–Trinajstić information content (AvgIpc) is 3.56. The van der Waals surface area contributed by atoms with Gasteiger partial charge in [0.15, 0.2) is 0 Å². The summed E-state index contributed by atoms with van der Waals surface area (Å²) in [6.45, 7) is 2.20. The quantitative estimate of drug-likeness (QED) is 0.496. The van der Waals surface area contributed by atoms with E-state index in [1.54, 1.807) is 0 Å². The Labute approximate surface area is 198 Å². The van der Waals surface area contributed by atoms with Crippen LogP contribution in [0.5, 0.6) is 0 Å². The number of nitrogens with zero attached hydrogens (tertiary/aromatic N) is 2. The van der Waals surface area contributed by atoms with E-state index in [2.05, 4.69) is 38.1 Å². The molecule has 3 aliphatic rings. The number of halogens is 3. The van der Waals surface area contributed by atoms with Gasteiger partial charge in [0, 0.05) is 29.9 Å². The molecule has 1 saturated carbocycles. The van der Waals surface area contributed by atoms with E-state index in [1.807, 2.05) is 0 Å². The molecule has 0 radical (unpaired) electrons. The molecule has 1 fully saturated rings. The molecule has 0 spiro atoms. The number of thiophene rings is 1. The van der Waals surface area contributed by atoms with Gasteiger partial charge in [0.05, 0.1) is 16.1 Å². The minimum atomic E-state index is -4.61. The Kier molecular flexibility index (Phi) is 5.11. The van der Waals surface area contributed by atoms with Crippen molar-refractivity contribution in [2.75, 3.05) is 18.4 Å². The fraction of sp³-hybridized carbons (Fsp3) is 0.375. The molecule has 10 heteroatoms. The lowest BCUT2D eigenvalue weighted by Crippen LogP contribution is -2.30. The van der Waals surface area contributed by atoms with Gasteiger partial charge < -0.3 is 16.0 Å². The van der Waals surface area contributed by atoms with Crippen LogP contribution < -0.4 is 16.0 Å². The molecule has 1 aromatic carbocycles. The van der Waals surface area contributed by atoms with Crippen molar-refractivity contribution in [2.45, 2.75) is 44.3 Å². The maximum atomic E-state index is 13.8. The molecule has 0 unspecified atom stereocenters. The summed E-state index contributed by atoms with van der Waals surface area (Å²) in [6, 6.07) is 5.81. The minimum absolute atomic E-state index is 0.120. The number of benzene rings is 1. The highest BCUT2D eigenvalue weighted by Crippen LogP contribution is 2.46. The molecule has 2 aromatic heterocycles. The summed E-state index contributed by atoms with van der Waals surface area (Å²) in [7, 11) is 0. The Morgan fingerprint density at radius 1 is 1.09 bits per heavy atom. The van der Waals surface area contributed by atoms with Crippen LogP contribution in [0.1, 0.15) is 56.2 Å². The van der Waals surface area contributed by atoms with Crippen LogP contribution in [-0.2, 0) is 25.6 Å². The summed E-state index contributed by atoms with van der Waals surface area (Å²) >= 11 is 1.19. The lowest BCUT2D eigenvalue weighted by Gasteiger charge is -2.21. The van der Waals surface area contributed by atoms with Crippen LogP contribution >= 0.6 is 11.3 Å². The summed E-state index contributed by atoms with van der Waals surface area (Å²) in [5.41, 5.74) is 3.84. The summed E-state index contributed by atoms with van der Waals surface area (Å²) in [4.78, 5) is 21.6. The number of hydrogen-bond acceptors (Lipinski definition) is 6. The van der Waals surface area contributed by atoms with Crippen molar-refractivity contribution < 1.29 is 18.0 Å². The number of anilines is 2. The molecule has 3 aromatic rings. The van der Waals surface area contributed by atoms with Crippen molar-refractivity contribution in [1.29, 1.82) is 0 Å². The summed E-state index contributed by atoms with van der Waals surface area (Å²) < 4.78 is 41.5. The predicted molar refractivity (Wildman–Crippen MR) is 123 cm³/mol. The van der Waals surface area contributed by atoms with Crippen LogP contribution in [0, 0.1) is 0 Å². The van der Waals surface area contributed by atoms with Gasteiger partial charge in [0.25, 0.3) is 5.91 Å². The predicted octanol–water partition coefficient (Wildman–Crippen LogP) is 4.78. The highest BCUT2D eigenvalue weighted by Gasteiger charge is 2.37. The number of hydrogen-bond donors (Lipinski definition) is 3. The first kappa shape index (κ1) is 21.5. The molecule has 0 atom stereocenters. The molecule has 1 amide bonds. The van der Waals surface area contributed by atoms with Gasteiger partial charge in [-0.25, -0.2) is 9.97 Å². The zero-order valence-electron chi connectivity index (χ0n) is 18.2. The zero-order valence-corrected chi connectivity index (χ0v) is 19.0. The number of nitrogens with one attached hydrogen (secondary N) is 3. The van der Waals surface area contributed by atoms with E-state index >= 15 is 0 Å². The molecule has 1 aliphatic carbocycles. The van der Waals surface area contributed by atoms with Crippen molar-refractivity contribution in [3.63, 3.8) is 0 Å². The Morgan fingerprint density at radius 3 is 2.71 bits per heavy atom. The maximum absolute atomic E-state index is 13.8. The van der Waals surface area contributed by atoms with E-state index in [0.29, 0.717) is 29.3 Å². The second-order valence-electron chi connectivity index (χ2n) is 8.94. The Morgan fingerprint density at radius 2 is 1.94 bits per heavy atom. The lowest BCUT2D eigenvalue weighted by atomic mass is 9.95. The number of amides is 1. The van der Waals surface area contributed by atoms with Crippen molar-refractivity contribution in [2.24, 2.45) is 0 Å². The third kappa shape index (κ3) is 3.94. The van der Waals surface area contributed by atoms with Gasteiger partial charge in [-0.1, -0.05) is 6.07 Å². The number of carbonyl (C=O) groups excluding carboxylic acids is 1. The molecule has 0 saturated heterocycles. The molecule has 34 heavy (non-hydrogen) atoms. The molecule has 6 rings (SSSR count). The largest absolute Gasteiger partial charge is 0.420 e. The topological polar surface area (TPSA) is 78.9 Å². The van der Waals surface area contributed by atoms with Crippen LogP contribution in [0.25, 0.3) is 10.6 Å². The summed E-state index contributed by atoms with van der Waals surface area (Å²) in [6.07, 6.45) is -0.0816. The molecule has 6 nitrogen and oxygen atoms in total. The van der Waals surface area contributed by atoms with E-state index in [0.717, 1.165) is 54.7 Å². The first-order valence-corrected chi connectivity index (χ1v) is 12.2. The number of carbonyl (C=O) groups is 1. The monoisotopic (exact) mass is 485 g/mol. The van der Waals surface area contributed by atoms with Crippen molar-refractivity contribution in [1.82, 2.24) is 20.6 Å². The lowest BCUT2D eigenvalue weighted by molar-refractivity contribution is -0.137. The highest BCUT2D eigenvalue weighted by atomic mass is 32.1. The number of rotatable bonds is 4. The van der Waals surface area contributed by atoms with E-state index in [-0.39, 0.29) is 17.5 Å². The fourth-order valence-corrected chi connectivity index (χ4v) is 5.82. The van der Waals surface area contributed by atoms with E-state index in [9.17, 15) is 18.0 Å². The maximum Gasteiger partial charge on any atom is 0.420 e. The minimum Gasteiger partial charge on any atom is -0.352 e. The number of aromatic nitrogens is 2. The van der Waals surface area contributed by atoms with Gasteiger partial charge in [0.2, 0.25) is 5.95 Å². The smallest absolute Gasteiger partial charge is 0.352 e. The SMILES string of the molecule is O=C1NCCc2sc(-c3nc(Nc4cc5c(cc4C4CC4)CNCC5)ncc3C(F)(F)F)cc21. The molecular formula is C24H22F3N5OS. The molecule has 2 aliphatic heterocycles. The van der Waals surface area contributed by atoms with Crippen molar-refractivity contribution in [3.8, 4) is 10.6 Å². The standard InChI is InChI=1S/C24H22F3N5OS/c25-24(26,27)17-11-30-23(32-21(17)20-9-16-19(34-20)4-6-29-22(16)33)31-18-8-13-3-5-28-10-14(13)7-15(18)12-1-2-12/h7-9,11-12,28H,1-6,10H2,(H,29,33)(H,30,31,32). The number of alkyl halides is 3. The highest BCUT2D eigenvalue weighted by molar-refractivity contribution is 7.15. The van der Waals surface area contributed by atoms with Crippen LogP contribution in [0.2, 0.25) is 0 Å².